The molecule has 3 rings (SSSR count). The van der Waals surface area contributed by atoms with Gasteiger partial charge >= 0.3 is 12.5 Å². The Bertz CT molecular complexity index is 1250. The topological polar surface area (TPSA) is 71.2 Å². The van der Waals surface area contributed by atoms with Gasteiger partial charge in [0.05, 0.1) is 16.9 Å². The summed E-state index contributed by atoms with van der Waals surface area (Å²) in [5, 5.41) is 0. The van der Waals surface area contributed by atoms with Crippen molar-refractivity contribution in [3.05, 3.63) is 65.9 Å². The molecule has 0 saturated carbocycles. The second-order valence-electron chi connectivity index (χ2n) is 6.21. The van der Waals surface area contributed by atoms with Crippen LogP contribution in [-0.4, -0.2) is 19.8 Å². The fourth-order valence-corrected chi connectivity index (χ4v) is 3.68. The van der Waals surface area contributed by atoms with Crippen LogP contribution in [0.3, 0.4) is 0 Å². The average molecular weight is 486 g/mol. The van der Waals surface area contributed by atoms with E-state index in [4.69, 9.17) is 0 Å². The molecule has 0 aliphatic rings. The first-order valence-corrected chi connectivity index (χ1v) is 9.78. The summed E-state index contributed by atoms with van der Waals surface area (Å²) in [5.74, 6) is -4.25. The molecular weight excluding hydrogens is 476 g/mol. The second kappa shape index (κ2) is 8.00. The van der Waals surface area contributed by atoms with Gasteiger partial charge in [-0.2, -0.15) is 13.2 Å². The highest BCUT2D eigenvalue weighted by Gasteiger charge is 2.36. The molecule has 5 nitrogen and oxygen atoms in total. The minimum Gasteiger partial charge on any atom is -0.405 e. The summed E-state index contributed by atoms with van der Waals surface area (Å²) in [4.78, 5) is 1.80. The van der Waals surface area contributed by atoms with E-state index in [1.807, 2.05) is 0 Å². The third-order valence-electron chi connectivity index (χ3n) is 3.98. The molecule has 0 fully saturated rings. The number of H-pyrrole nitrogens is 1. The van der Waals surface area contributed by atoms with Crippen molar-refractivity contribution < 1.29 is 48.3 Å². The molecule has 0 unspecified atom stereocenters. The average Bonchev–Trinajstić information content (AvgIpc) is 3.13. The summed E-state index contributed by atoms with van der Waals surface area (Å²) in [7, 11) is -4.67. The zero-order valence-electron chi connectivity index (χ0n) is 15.3. The molecule has 3 aromatic rings. The lowest BCUT2D eigenvalue weighted by molar-refractivity contribution is -0.274. The maximum atomic E-state index is 14.0. The highest BCUT2D eigenvalue weighted by molar-refractivity contribution is 7.92. The van der Waals surface area contributed by atoms with Crippen molar-refractivity contribution in [1.29, 1.82) is 0 Å². The molecule has 172 valence electrons. The number of anilines is 1. The van der Waals surface area contributed by atoms with Gasteiger partial charge in [0.1, 0.15) is 22.3 Å². The molecule has 1 aromatic heterocycles. The van der Waals surface area contributed by atoms with Gasteiger partial charge in [0.2, 0.25) is 0 Å². The Labute approximate surface area is 174 Å². The van der Waals surface area contributed by atoms with Crippen molar-refractivity contribution in [2.75, 3.05) is 4.72 Å². The molecule has 0 spiro atoms. The molecule has 0 radical (unpaired) electrons. The molecule has 2 aromatic carbocycles. The molecule has 14 heteroatoms. The number of hydrogen-bond acceptors (Lipinski definition) is 3. The van der Waals surface area contributed by atoms with Gasteiger partial charge in [-0.05, 0) is 24.3 Å². The number of ether oxygens (including phenoxy) is 1. The SMILES string of the molecule is O=S(=O)(Nc1cc(F)c(C(F)(F)F)cc1F)c1c[nH]c(-c2ccccc2OC(F)(F)F)c1. The Morgan fingerprint density at radius 2 is 1.56 bits per heavy atom. The molecule has 1 heterocycles. The zero-order valence-corrected chi connectivity index (χ0v) is 16.1. The van der Waals surface area contributed by atoms with E-state index in [1.54, 1.807) is 4.72 Å². The molecule has 0 aliphatic carbocycles. The molecule has 0 saturated heterocycles. The van der Waals surface area contributed by atoms with Crippen LogP contribution in [0.25, 0.3) is 11.3 Å². The van der Waals surface area contributed by atoms with E-state index >= 15 is 0 Å². The number of aromatic amines is 1. The molecule has 32 heavy (non-hydrogen) atoms. The summed E-state index contributed by atoms with van der Waals surface area (Å²) in [6.07, 6.45) is -9.40. The van der Waals surface area contributed by atoms with Gasteiger partial charge in [-0.1, -0.05) is 12.1 Å². The smallest absolute Gasteiger partial charge is 0.405 e. The Kier molecular flexibility index (Phi) is 5.84. The number of nitrogens with one attached hydrogen (secondary N) is 2. The number of halogens is 8. The Morgan fingerprint density at radius 1 is 0.906 bits per heavy atom. The minimum absolute atomic E-state index is 0.0236. The first-order valence-electron chi connectivity index (χ1n) is 8.30. The van der Waals surface area contributed by atoms with Crippen LogP contribution in [0.5, 0.6) is 5.75 Å². The lowest BCUT2D eigenvalue weighted by atomic mass is 10.1. The normalized spacial score (nSPS) is 12.6. The third-order valence-corrected chi connectivity index (χ3v) is 5.32. The maximum absolute atomic E-state index is 14.0. The number of benzene rings is 2. The van der Waals surface area contributed by atoms with Crippen molar-refractivity contribution >= 4 is 15.7 Å². The lowest BCUT2D eigenvalue weighted by Gasteiger charge is -2.12. The van der Waals surface area contributed by atoms with Crippen LogP contribution in [0.1, 0.15) is 5.56 Å². The van der Waals surface area contributed by atoms with Gasteiger partial charge in [-0.3, -0.25) is 4.72 Å². The van der Waals surface area contributed by atoms with Crippen molar-refractivity contribution in [2.45, 2.75) is 17.4 Å². The number of hydrogen-bond donors (Lipinski definition) is 2. The quantitative estimate of drug-likeness (QED) is 0.456. The second-order valence-corrected chi connectivity index (χ2v) is 7.89. The predicted octanol–water partition coefficient (Wildman–Crippen LogP) is 5.68. The van der Waals surface area contributed by atoms with Gasteiger partial charge in [0, 0.05) is 17.8 Å². The fourth-order valence-electron chi connectivity index (χ4n) is 2.63. The van der Waals surface area contributed by atoms with E-state index in [9.17, 15) is 43.5 Å². The van der Waals surface area contributed by atoms with Crippen molar-refractivity contribution in [2.24, 2.45) is 0 Å². The predicted molar refractivity (Wildman–Crippen MR) is 95.1 cm³/mol. The molecule has 0 aliphatic heterocycles. The summed E-state index contributed by atoms with van der Waals surface area (Å²) >= 11 is 0. The van der Waals surface area contributed by atoms with Crippen LogP contribution in [-0.2, 0) is 16.2 Å². The van der Waals surface area contributed by atoms with E-state index in [1.165, 1.54) is 18.2 Å². The van der Waals surface area contributed by atoms with Gasteiger partial charge in [0.15, 0.2) is 0 Å². The molecular formula is C18H10F8N2O3S. The number of alkyl halides is 6. The fraction of sp³-hybridized carbons (Fsp3) is 0.111. The first kappa shape index (κ1) is 23.4. The van der Waals surface area contributed by atoms with E-state index < -0.39 is 56.1 Å². The van der Waals surface area contributed by atoms with Crippen LogP contribution in [0.4, 0.5) is 40.8 Å². The van der Waals surface area contributed by atoms with Crippen LogP contribution in [0, 0.1) is 11.6 Å². The Balaban J connectivity index is 1.93. The largest absolute Gasteiger partial charge is 0.573 e. The molecule has 0 amide bonds. The minimum atomic E-state index is -5.20. The maximum Gasteiger partial charge on any atom is 0.573 e. The summed E-state index contributed by atoms with van der Waals surface area (Å²) in [6, 6.07) is 5.47. The molecule has 0 bridgehead atoms. The van der Waals surface area contributed by atoms with E-state index in [2.05, 4.69) is 9.72 Å². The first-order chi connectivity index (χ1) is 14.7. The number of aromatic nitrogens is 1. The van der Waals surface area contributed by atoms with Crippen LogP contribution in [0.15, 0.2) is 53.6 Å². The van der Waals surface area contributed by atoms with Gasteiger partial charge < -0.3 is 9.72 Å². The van der Waals surface area contributed by atoms with Gasteiger partial charge in [-0.15, -0.1) is 13.2 Å². The van der Waals surface area contributed by atoms with E-state index in [0.29, 0.717) is 0 Å². The Hall–Kier alpha value is -3.29. The van der Waals surface area contributed by atoms with E-state index in [-0.39, 0.29) is 23.4 Å². The van der Waals surface area contributed by atoms with Gasteiger partial charge in [-0.25, -0.2) is 17.2 Å². The zero-order chi connectivity index (χ0) is 23.9. The third kappa shape index (κ3) is 5.12. The number of rotatable bonds is 5. The van der Waals surface area contributed by atoms with Crippen molar-refractivity contribution in [3.8, 4) is 17.0 Å². The highest BCUT2D eigenvalue weighted by atomic mass is 32.2. The van der Waals surface area contributed by atoms with Gasteiger partial charge in [0.25, 0.3) is 10.0 Å². The highest BCUT2D eigenvalue weighted by Crippen LogP contribution is 2.36. The van der Waals surface area contributed by atoms with Crippen LogP contribution >= 0.6 is 0 Å². The Morgan fingerprint density at radius 3 is 2.19 bits per heavy atom. The summed E-state index contributed by atoms with van der Waals surface area (Å²) < 4.78 is 134. The van der Waals surface area contributed by atoms with Crippen molar-refractivity contribution in [1.82, 2.24) is 4.98 Å². The lowest BCUT2D eigenvalue weighted by Crippen LogP contribution is -2.17. The number of sulfonamides is 1. The monoisotopic (exact) mass is 486 g/mol. The molecule has 2 N–H and O–H groups in total. The van der Waals surface area contributed by atoms with Crippen LogP contribution in [0.2, 0.25) is 0 Å². The summed E-state index contributed by atoms with van der Waals surface area (Å²) in [6.45, 7) is 0. The number of para-hydroxylation sites is 1. The van der Waals surface area contributed by atoms with Crippen LogP contribution < -0.4 is 9.46 Å². The molecule has 0 atom stereocenters. The standard InChI is InChI=1S/C18H10F8N2O3S/c19-12-7-15(13(20)6-11(12)17(21,22)23)28-32(29,30)9-5-14(27-8-9)10-3-1-2-4-16(10)31-18(24,25)26/h1-8,27-28H. The summed E-state index contributed by atoms with van der Waals surface area (Å²) in [5.41, 5.74) is -3.33. The van der Waals surface area contributed by atoms with Crippen molar-refractivity contribution in [3.63, 3.8) is 0 Å². The van der Waals surface area contributed by atoms with E-state index in [0.717, 1.165) is 18.3 Å².